The second-order valence-electron chi connectivity index (χ2n) is 7.12. The number of amides is 1. The molecule has 146 valence electrons. The van der Waals surface area contributed by atoms with E-state index >= 15 is 0 Å². The average molecular weight is 404 g/mol. The van der Waals surface area contributed by atoms with Crippen LogP contribution in [0.25, 0.3) is 21.3 Å². The van der Waals surface area contributed by atoms with Crippen LogP contribution in [-0.4, -0.2) is 15.5 Å². The summed E-state index contributed by atoms with van der Waals surface area (Å²) in [4.78, 5) is 31.9. The Labute approximate surface area is 172 Å². The Morgan fingerprint density at radius 2 is 1.86 bits per heavy atom. The van der Waals surface area contributed by atoms with E-state index < -0.39 is 0 Å². The van der Waals surface area contributed by atoms with Crippen molar-refractivity contribution in [3.8, 4) is 11.1 Å². The highest BCUT2D eigenvalue weighted by Gasteiger charge is 2.19. The third kappa shape index (κ3) is 3.71. The Hall–Kier alpha value is -3.25. The van der Waals surface area contributed by atoms with E-state index in [9.17, 15) is 9.59 Å². The molecule has 0 saturated heterocycles. The quantitative estimate of drug-likeness (QED) is 0.538. The molecule has 0 saturated carbocycles. The van der Waals surface area contributed by atoms with Crippen LogP contribution >= 0.6 is 11.3 Å². The van der Waals surface area contributed by atoms with E-state index in [1.54, 1.807) is 0 Å². The highest BCUT2D eigenvalue weighted by atomic mass is 32.1. The molecule has 1 N–H and O–H groups in total. The zero-order valence-electron chi connectivity index (χ0n) is 16.5. The van der Waals surface area contributed by atoms with Gasteiger partial charge in [-0.3, -0.25) is 14.2 Å². The Bertz CT molecular complexity index is 1270. The predicted octanol–water partition coefficient (Wildman–Crippen LogP) is 4.69. The van der Waals surface area contributed by atoms with Gasteiger partial charge in [0.25, 0.3) is 5.56 Å². The Kier molecular flexibility index (Phi) is 5.03. The summed E-state index contributed by atoms with van der Waals surface area (Å²) in [6, 6.07) is 15.4. The van der Waals surface area contributed by atoms with E-state index in [1.807, 2.05) is 51.1 Å². The smallest absolute Gasteiger partial charge is 0.263 e. The minimum absolute atomic E-state index is 0.0855. The van der Waals surface area contributed by atoms with Gasteiger partial charge in [-0.25, -0.2) is 4.98 Å². The lowest BCUT2D eigenvalue weighted by Gasteiger charge is -2.10. The first-order chi connectivity index (χ1) is 13.9. The van der Waals surface area contributed by atoms with E-state index in [1.165, 1.54) is 22.2 Å². The molecule has 5 nitrogen and oxygen atoms in total. The van der Waals surface area contributed by atoms with Crippen molar-refractivity contribution in [2.45, 2.75) is 27.3 Å². The lowest BCUT2D eigenvalue weighted by molar-refractivity contribution is -0.116. The first-order valence-electron chi connectivity index (χ1n) is 9.35. The summed E-state index contributed by atoms with van der Waals surface area (Å²) < 4.78 is 1.38. The maximum absolute atomic E-state index is 13.3. The summed E-state index contributed by atoms with van der Waals surface area (Å²) in [6.07, 6.45) is 1.46. The second-order valence-corrected chi connectivity index (χ2v) is 8.33. The number of nitrogens with one attached hydrogen (secondary N) is 1. The van der Waals surface area contributed by atoms with Gasteiger partial charge < -0.3 is 5.32 Å². The number of benzene rings is 2. The number of para-hydroxylation sites is 1. The summed E-state index contributed by atoms with van der Waals surface area (Å²) >= 11 is 1.51. The first kappa shape index (κ1) is 19.1. The van der Waals surface area contributed by atoms with Gasteiger partial charge in [0.2, 0.25) is 5.91 Å². The van der Waals surface area contributed by atoms with Crippen LogP contribution in [0.15, 0.2) is 59.7 Å². The number of carbonyl (C=O) groups excluding carboxylic acids is 1. The van der Waals surface area contributed by atoms with Crippen LogP contribution in [0.3, 0.4) is 0 Å². The highest BCUT2D eigenvalue weighted by molar-refractivity contribution is 7.19. The van der Waals surface area contributed by atoms with E-state index in [2.05, 4.69) is 28.5 Å². The lowest BCUT2D eigenvalue weighted by Crippen LogP contribution is -2.27. The minimum atomic E-state index is -0.264. The fourth-order valence-electron chi connectivity index (χ4n) is 3.46. The fourth-order valence-corrected chi connectivity index (χ4v) is 4.45. The van der Waals surface area contributed by atoms with Gasteiger partial charge in [-0.2, -0.15) is 0 Å². The largest absolute Gasteiger partial charge is 0.325 e. The fraction of sp³-hybridized carbons (Fsp3) is 0.174. The Balaban J connectivity index is 1.76. The van der Waals surface area contributed by atoms with Crippen LogP contribution in [0.4, 0.5) is 5.69 Å². The molecule has 4 rings (SSSR count). The number of aromatic nitrogens is 2. The van der Waals surface area contributed by atoms with Crippen LogP contribution in [0, 0.1) is 20.8 Å². The number of nitrogens with zero attached hydrogens (tertiary/aromatic N) is 2. The SMILES string of the molecule is Cc1ccc(C)c(-c2c(C)sc3ncn(CC(=O)Nc4ccccc4)c(=O)c23)c1. The molecule has 0 aliphatic carbocycles. The zero-order chi connectivity index (χ0) is 20.5. The van der Waals surface area contributed by atoms with Crippen molar-refractivity contribution in [1.82, 2.24) is 9.55 Å². The summed E-state index contributed by atoms with van der Waals surface area (Å²) in [7, 11) is 0. The summed E-state index contributed by atoms with van der Waals surface area (Å²) in [6.45, 7) is 6.00. The molecule has 2 aromatic heterocycles. The van der Waals surface area contributed by atoms with Gasteiger partial charge >= 0.3 is 0 Å². The molecule has 1 amide bonds. The lowest BCUT2D eigenvalue weighted by atomic mass is 9.97. The normalized spacial score (nSPS) is 11.0. The number of thiophene rings is 1. The summed E-state index contributed by atoms with van der Waals surface area (Å²) in [5.41, 5.74) is 4.70. The van der Waals surface area contributed by atoms with Crippen molar-refractivity contribution >= 4 is 33.1 Å². The van der Waals surface area contributed by atoms with E-state index in [0.29, 0.717) is 15.9 Å². The van der Waals surface area contributed by atoms with Crippen LogP contribution in [0.5, 0.6) is 0 Å². The Morgan fingerprint density at radius 3 is 2.62 bits per heavy atom. The molecule has 0 atom stereocenters. The van der Waals surface area contributed by atoms with Gasteiger partial charge in [0.15, 0.2) is 0 Å². The molecule has 0 unspecified atom stereocenters. The topological polar surface area (TPSA) is 64.0 Å². The third-order valence-electron chi connectivity index (χ3n) is 4.89. The number of fused-ring (bicyclic) bond motifs is 1. The van der Waals surface area contributed by atoms with Crippen molar-refractivity contribution in [2.75, 3.05) is 5.32 Å². The standard InChI is InChI=1S/C23H21N3O2S/c1-14-9-10-15(2)18(11-14)20-16(3)29-22-21(20)23(28)26(13-24-22)12-19(27)25-17-7-5-4-6-8-17/h4-11,13H,12H2,1-3H3,(H,25,27). The minimum Gasteiger partial charge on any atom is -0.325 e. The van der Waals surface area contributed by atoms with Gasteiger partial charge in [-0.1, -0.05) is 42.0 Å². The van der Waals surface area contributed by atoms with Crippen LogP contribution in [-0.2, 0) is 11.3 Å². The van der Waals surface area contributed by atoms with E-state index in [-0.39, 0.29) is 18.0 Å². The molecule has 29 heavy (non-hydrogen) atoms. The van der Waals surface area contributed by atoms with Crippen LogP contribution in [0.1, 0.15) is 16.0 Å². The summed E-state index contributed by atoms with van der Waals surface area (Å²) in [5, 5.41) is 3.39. The maximum Gasteiger partial charge on any atom is 0.263 e. The average Bonchev–Trinajstić information content (AvgIpc) is 3.03. The van der Waals surface area contributed by atoms with Crippen molar-refractivity contribution in [3.05, 3.63) is 81.2 Å². The van der Waals surface area contributed by atoms with E-state index in [0.717, 1.165) is 27.1 Å². The van der Waals surface area contributed by atoms with Crippen molar-refractivity contribution in [1.29, 1.82) is 0 Å². The number of rotatable bonds is 4. The molecule has 4 aromatic rings. The van der Waals surface area contributed by atoms with Gasteiger partial charge in [-0.05, 0) is 44.0 Å². The monoisotopic (exact) mass is 403 g/mol. The predicted molar refractivity (Wildman–Crippen MR) is 119 cm³/mol. The number of aryl methyl sites for hydroxylation is 3. The molecule has 2 heterocycles. The van der Waals surface area contributed by atoms with Crippen molar-refractivity contribution < 1.29 is 4.79 Å². The number of anilines is 1. The molecule has 0 fully saturated rings. The van der Waals surface area contributed by atoms with Crippen LogP contribution in [0.2, 0.25) is 0 Å². The van der Waals surface area contributed by atoms with Gasteiger partial charge in [0.05, 0.1) is 11.7 Å². The van der Waals surface area contributed by atoms with Gasteiger partial charge in [0, 0.05) is 16.1 Å². The molecule has 0 spiro atoms. The molecular weight excluding hydrogens is 382 g/mol. The van der Waals surface area contributed by atoms with Crippen molar-refractivity contribution in [3.63, 3.8) is 0 Å². The molecule has 0 radical (unpaired) electrons. The Morgan fingerprint density at radius 1 is 1.10 bits per heavy atom. The van der Waals surface area contributed by atoms with Crippen LogP contribution < -0.4 is 10.9 Å². The summed E-state index contributed by atoms with van der Waals surface area (Å²) in [5.74, 6) is -0.264. The first-order valence-corrected chi connectivity index (χ1v) is 10.2. The molecule has 0 aliphatic rings. The number of hydrogen-bond acceptors (Lipinski definition) is 4. The molecule has 0 aliphatic heterocycles. The molecular formula is C23H21N3O2S. The maximum atomic E-state index is 13.3. The van der Waals surface area contributed by atoms with E-state index in [4.69, 9.17) is 0 Å². The molecule has 0 bridgehead atoms. The zero-order valence-corrected chi connectivity index (χ0v) is 17.3. The molecule has 6 heteroatoms. The molecule has 2 aromatic carbocycles. The second kappa shape index (κ2) is 7.64. The number of carbonyl (C=O) groups is 1. The number of hydrogen-bond donors (Lipinski definition) is 1. The highest BCUT2D eigenvalue weighted by Crippen LogP contribution is 2.37. The van der Waals surface area contributed by atoms with Gasteiger partial charge in [0.1, 0.15) is 11.4 Å². The van der Waals surface area contributed by atoms with Crippen molar-refractivity contribution in [2.24, 2.45) is 0 Å². The van der Waals surface area contributed by atoms with Gasteiger partial charge in [-0.15, -0.1) is 11.3 Å². The third-order valence-corrected chi connectivity index (χ3v) is 5.90.